The van der Waals surface area contributed by atoms with Crippen LogP contribution in [-0.2, 0) is 4.99 Å². The number of primary amides is 1. The van der Waals surface area contributed by atoms with Crippen LogP contribution in [0.5, 0.6) is 11.5 Å². The number of hydroxylamine groups is 2. The Morgan fingerprint density at radius 3 is 2.63 bits per heavy atom. The number of nitrogens with zero attached hydrogens (tertiary/aromatic N) is 4. The SMILES string of the molecule is COc1cc(Nc2nccc(Nc3cccnc3C(N)=O)n2)ccc1OON(C)C. The molecule has 0 aliphatic heterocycles. The zero-order chi connectivity index (χ0) is 21.5. The molecule has 4 N–H and O–H groups in total. The highest BCUT2D eigenvalue weighted by molar-refractivity contribution is 5.96. The van der Waals surface area contributed by atoms with E-state index in [2.05, 4.69) is 25.6 Å². The minimum Gasteiger partial charge on any atom is -0.493 e. The van der Waals surface area contributed by atoms with Crippen LogP contribution in [0.2, 0.25) is 0 Å². The highest BCUT2D eigenvalue weighted by Crippen LogP contribution is 2.31. The molecule has 156 valence electrons. The van der Waals surface area contributed by atoms with Crippen LogP contribution in [0.4, 0.5) is 23.1 Å². The van der Waals surface area contributed by atoms with Crippen LogP contribution < -0.4 is 26.0 Å². The van der Waals surface area contributed by atoms with E-state index in [0.29, 0.717) is 34.6 Å². The van der Waals surface area contributed by atoms with Gasteiger partial charge in [-0.05, 0) is 30.3 Å². The average Bonchev–Trinajstić information content (AvgIpc) is 2.73. The maximum Gasteiger partial charge on any atom is 0.269 e. The van der Waals surface area contributed by atoms with Gasteiger partial charge in [-0.25, -0.2) is 9.97 Å². The van der Waals surface area contributed by atoms with E-state index in [-0.39, 0.29) is 5.69 Å². The summed E-state index contributed by atoms with van der Waals surface area (Å²) in [4.78, 5) is 34.3. The largest absolute Gasteiger partial charge is 0.493 e. The van der Waals surface area contributed by atoms with Crippen LogP contribution in [0.1, 0.15) is 10.5 Å². The number of aromatic nitrogens is 3. The van der Waals surface area contributed by atoms with Gasteiger partial charge in [-0.15, -0.1) is 0 Å². The monoisotopic (exact) mass is 411 g/mol. The number of hydrogen-bond acceptors (Lipinski definition) is 10. The smallest absolute Gasteiger partial charge is 0.269 e. The molecule has 11 nitrogen and oxygen atoms in total. The van der Waals surface area contributed by atoms with E-state index in [1.54, 1.807) is 56.7 Å². The maximum absolute atomic E-state index is 11.5. The summed E-state index contributed by atoms with van der Waals surface area (Å²) in [5.41, 5.74) is 6.58. The summed E-state index contributed by atoms with van der Waals surface area (Å²) in [6.45, 7) is 0. The van der Waals surface area contributed by atoms with Gasteiger partial charge in [0.2, 0.25) is 11.7 Å². The number of methoxy groups -OCH3 is 1. The fourth-order valence-corrected chi connectivity index (χ4v) is 2.39. The van der Waals surface area contributed by atoms with Crippen molar-refractivity contribution in [3.63, 3.8) is 0 Å². The van der Waals surface area contributed by atoms with Crippen LogP contribution in [-0.4, -0.2) is 47.1 Å². The summed E-state index contributed by atoms with van der Waals surface area (Å²) < 4.78 is 5.33. The molecule has 1 amide bonds. The lowest BCUT2D eigenvalue weighted by molar-refractivity contribution is -0.349. The normalized spacial score (nSPS) is 10.5. The zero-order valence-electron chi connectivity index (χ0n) is 16.6. The number of nitrogens with two attached hydrogens (primary N) is 1. The van der Waals surface area contributed by atoms with Crippen molar-refractivity contribution in [1.82, 2.24) is 20.0 Å². The summed E-state index contributed by atoms with van der Waals surface area (Å²) >= 11 is 0. The lowest BCUT2D eigenvalue weighted by Crippen LogP contribution is -2.15. The van der Waals surface area contributed by atoms with Crippen molar-refractivity contribution in [1.29, 1.82) is 0 Å². The van der Waals surface area contributed by atoms with E-state index in [0.717, 1.165) is 0 Å². The molecule has 0 saturated carbocycles. The number of carbonyl (C=O) groups is 1. The third-order valence-corrected chi connectivity index (χ3v) is 3.66. The molecule has 0 atom stereocenters. The Kier molecular flexibility index (Phi) is 6.57. The fourth-order valence-electron chi connectivity index (χ4n) is 2.39. The summed E-state index contributed by atoms with van der Waals surface area (Å²) in [6.07, 6.45) is 3.06. The van der Waals surface area contributed by atoms with E-state index in [4.69, 9.17) is 20.3 Å². The Morgan fingerprint density at radius 1 is 1.07 bits per heavy atom. The number of rotatable bonds is 9. The van der Waals surface area contributed by atoms with Crippen molar-refractivity contribution in [2.24, 2.45) is 5.73 Å². The Labute approximate surface area is 172 Å². The minimum atomic E-state index is -0.641. The molecule has 30 heavy (non-hydrogen) atoms. The van der Waals surface area contributed by atoms with Crippen molar-refractivity contribution in [2.45, 2.75) is 0 Å². The molecule has 0 aliphatic rings. The Bertz CT molecular complexity index is 1030. The van der Waals surface area contributed by atoms with E-state index < -0.39 is 5.91 Å². The molecule has 0 saturated heterocycles. The third kappa shape index (κ3) is 5.31. The predicted molar refractivity (Wildman–Crippen MR) is 110 cm³/mol. The molecule has 11 heteroatoms. The molecule has 0 fully saturated rings. The van der Waals surface area contributed by atoms with Crippen LogP contribution in [0.15, 0.2) is 48.8 Å². The number of pyridine rings is 1. The van der Waals surface area contributed by atoms with Crippen molar-refractivity contribution in [2.75, 3.05) is 31.8 Å². The topological polar surface area (TPSA) is 137 Å². The van der Waals surface area contributed by atoms with Crippen molar-refractivity contribution in [3.05, 3.63) is 54.5 Å². The number of carbonyl (C=O) groups excluding carboxylic acids is 1. The van der Waals surface area contributed by atoms with Gasteiger partial charge in [0.1, 0.15) is 5.82 Å². The van der Waals surface area contributed by atoms with E-state index >= 15 is 0 Å². The first-order chi connectivity index (χ1) is 14.5. The number of anilines is 4. The van der Waals surface area contributed by atoms with Crippen molar-refractivity contribution < 1.29 is 19.4 Å². The molecule has 0 aliphatic carbocycles. The van der Waals surface area contributed by atoms with Crippen LogP contribution in [0, 0.1) is 0 Å². The zero-order valence-corrected chi connectivity index (χ0v) is 16.6. The Balaban J connectivity index is 1.76. The van der Waals surface area contributed by atoms with Gasteiger partial charge in [-0.3, -0.25) is 4.79 Å². The van der Waals surface area contributed by atoms with Gasteiger partial charge in [0.15, 0.2) is 11.4 Å². The molecule has 0 unspecified atom stereocenters. The summed E-state index contributed by atoms with van der Waals surface area (Å²) in [5.74, 6) is 0.999. The number of nitrogens with one attached hydrogen (secondary N) is 2. The van der Waals surface area contributed by atoms with Gasteiger partial charge in [0.05, 0.1) is 12.8 Å². The van der Waals surface area contributed by atoms with Crippen molar-refractivity contribution in [3.8, 4) is 11.5 Å². The Morgan fingerprint density at radius 2 is 1.90 bits per heavy atom. The quantitative estimate of drug-likeness (QED) is 0.355. The first-order valence-corrected chi connectivity index (χ1v) is 8.78. The number of hydrogen-bond donors (Lipinski definition) is 3. The molecule has 3 aromatic rings. The van der Waals surface area contributed by atoms with Crippen LogP contribution in [0.25, 0.3) is 0 Å². The summed E-state index contributed by atoms with van der Waals surface area (Å²) in [7, 11) is 4.91. The molecule has 0 radical (unpaired) electrons. The molecular weight excluding hydrogens is 390 g/mol. The van der Waals surface area contributed by atoms with Gasteiger partial charge in [-0.1, -0.05) is 4.99 Å². The molecule has 2 aromatic heterocycles. The maximum atomic E-state index is 11.5. The Hall–Kier alpha value is -3.96. The second-order valence-corrected chi connectivity index (χ2v) is 6.12. The molecule has 1 aromatic carbocycles. The molecular formula is C19H21N7O4. The first-order valence-electron chi connectivity index (χ1n) is 8.78. The van der Waals surface area contributed by atoms with Gasteiger partial charge >= 0.3 is 0 Å². The van der Waals surface area contributed by atoms with Crippen LogP contribution >= 0.6 is 0 Å². The minimum absolute atomic E-state index is 0.117. The van der Waals surface area contributed by atoms with E-state index in [1.165, 1.54) is 18.4 Å². The van der Waals surface area contributed by atoms with Crippen LogP contribution in [0.3, 0.4) is 0 Å². The summed E-state index contributed by atoms with van der Waals surface area (Å²) in [5, 5.41) is 7.50. The van der Waals surface area contributed by atoms with Gasteiger partial charge in [0.25, 0.3) is 5.91 Å². The molecule has 0 spiro atoms. The highest BCUT2D eigenvalue weighted by Gasteiger charge is 2.11. The first kappa shape index (κ1) is 20.8. The van der Waals surface area contributed by atoms with Gasteiger partial charge < -0.3 is 26.0 Å². The van der Waals surface area contributed by atoms with Gasteiger partial charge in [-0.2, -0.15) is 10.0 Å². The highest BCUT2D eigenvalue weighted by atomic mass is 17.3. The lowest BCUT2D eigenvalue weighted by Gasteiger charge is -2.14. The summed E-state index contributed by atoms with van der Waals surface area (Å²) in [6, 6.07) is 10.2. The second-order valence-electron chi connectivity index (χ2n) is 6.12. The van der Waals surface area contributed by atoms with Crippen molar-refractivity contribution >= 4 is 29.0 Å². The van der Waals surface area contributed by atoms with Gasteiger partial charge in [0, 0.05) is 38.2 Å². The number of ether oxygens (including phenoxy) is 1. The lowest BCUT2D eigenvalue weighted by atomic mass is 10.2. The fraction of sp³-hybridized carbons (Fsp3) is 0.158. The number of benzene rings is 1. The predicted octanol–water partition coefficient (Wildman–Crippen LogP) is 2.25. The van der Waals surface area contributed by atoms with E-state index in [1.807, 2.05) is 0 Å². The standard InChI is InChI=1S/C19H21N7O4/c1-26(2)30-29-14-7-6-12(11-15(14)28-3)23-19-22-10-8-16(25-19)24-13-5-4-9-21-17(13)18(20)27/h4-11H,1-3H3,(H2,20,27)(H2,22,23,24,25). The molecule has 3 rings (SSSR count). The second kappa shape index (κ2) is 9.49. The third-order valence-electron chi connectivity index (χ3n) is 3.66. The molecule has 2 heterocycles. The van der Waals surface area contributed by atoms with E-state index in [9.17, 15) is 4.79 Å². The average molecular weight is 411 g/mol. The molecule has 0 bridgehead atoms. The number of amides is 1.